The van der Waals surface area contributed by atoms with Crippen molar-refractivity contribution < 1.29 is 9.50 Å². The molecule has 0 radical (unpaired) electrons. The molecular weight excluding hydrogens is 205 g/mol. The highest BCUT2D eigenvalue weighted by molar-refractivity contribution is 5.38. The lowest BCUT2D eigenvalue weighted by Crippen LogP contribution is -2.37. The first-order chi connectivity index (χ1) is 7.67. The lowest BCUT2D eigenvalue weighted by atomic mass is 9.96. The van der Waals surface area contributed by atoms with E-state index in [0.717, 1.165) is 17.5 Å². The number of rotatable bonds is 3. The molecule has 2 aliphatic carbocycles. The van der Waals surface area contributed by atoms with Gasteiger partial charge in [-0.15, -0.1) is 0 Å². The molecule has 2 nitrogen and oxygen atoms in total. The second-order valence-electron chi connectivity index (χ2n) is 4.99. The van der Waals surface area contributed by atoms with Gasteiger partial charge < -0.3 is 10.4 Å². The van der Waals surface area contributed by atoms with Gasteiger partial charge in [0.05, 0.1) is 0 Å². The summed E-state index contributed by atoms with van der Waals surface area (Å²) < 4.78 is 13.0. The van der Waals surface area contributed by atoms with Crippen LogP contribution in [0.1, 0.15) is 30.4 Å². The molecule has 2 aliphatic rings. The van der Waals surface area contributed by atoms with Crippen LogP contribution in [-0.2, 0) is 12.0 Å². The lowest BCUT2D eigenvalue weighted by molar-refractivity contribution is 0.0384. The number of nitrogens with one attached hydrogen (secondary N) is 1. The third kappa shape index (κ3) is 1.74. The molecule has 1 saturated carbocycles. The number of fused-ring (bicyclic) bond motifs is 1. The van der Waals surface area contributed by atoms with E-state index in [1.54, 1.807) is 12.1 Å². The Morgan fingerprint density at radius 3 is 3.00 bits per heavy atom. The lowest BCUT2D eigenvalue weighted by Gasteiger charge is -2.24. The Balaban J connectivity index is 1.82. The summed E-state index contributed by atoms with van der Waals surface area (Å²) in [5.74, 6) is -0.210. The molecule has 3 heteroatoms. The summed E-state index contributed by atoms with van der Waals surface area (Å²) in [7, 11) is 0. The highest BCUT2D eigenvalue weighted by Crippen LogP contribution is 2.37. The quantitative estimate of drug-likeness (QED) is 0.814. The van der Waals surface area contributed by atoms with Crippen molar-refractivity contribution in [1.29, 1.82) is 0 Å². The van der Waals surface area contributed by atoms with Crippen molar-refractivity contribution >= 4 is 0 Å². The van der Waals surface area contributed by atoms with E-state index in [9.17, 15) is 9.50 Å². The molecule has 1 fully saturated rings. The summed E-state index contributed by atoms with van der Waals surface area (Å²) in [4.78, 5) is 0. The fourth-order valence-corrected chi connectivity index (χ4v) is 2.48. The predicted molar refractivity (Wildman–Crippen MR) is 59.6 cm³/mol. The van der Waals surface area contributed by atoms with E-state index in [0.29, 0.717) is 19.0 Å². The van der Waals surface area contributed by atoms with Gasteiger partial charge in [0.25, 0.3) is 0 Å². The van der Waals surface area contributed by atoms with E-state index in [2.05, 4.69) is 5.32 Å². The first-order valence-electron chi connectivity index (χ1n) is 5.92. The summed E-state index contributed by atoms with van der Waals surface area (Å²) in [6, 6.07) is 5.30. The van der Waals surface area contributed by atoms with Crippen LogP contribution in [0.3, 0.4) is 0 Å². The maximum Gasteiger partial charge on any atom is 0.123 e. The van der Waals surface area contributed by atoms with Gasteiger partial charge in [0, 0.05) is 12.6 Å². The number of aryl methyl sites for hydroxylation is 1. The number of hydrogen-bond donors (Lipinski definition) is 2. The molecule has 2 N–H and O–H groups in total. The molecule has 1 aromatic rings. The van der Waals surface area contributed by atoms with Crippen molar-refractivity contribution in [2.75, 3.05) is 6.54 Å². The first-order valence-corrected chi connectivity index (χ1v) is 5.92. The summed E-state index contributed by atoms with van der Waals surface area (Å²) in [5, 5.41) is 13.9. The van der Waals surface area contributed by atoms with Crippen LogP contribution in [0.4, 0.5) is 4.39 Å². The van der Waals surface area contributed by atoms with Crippen molar-refractivity contribution in [3.05, 3.63) is 35.1 Å². The largest absolute Gasteiger partial charge is 0.384 e. The van der Waals surface area contributed by atoms with E-state index in [1.165, 1.54) is 18.9 Å². The topological polar surface area (TPSA) is 32.3 Å². The van der Waals surface area contributed by atoms with Crippen molar-refractivity contribution in [2.24, 2.45) is 0 Å². The van der Waals surface area contributed by atoms with Gasteiger partial charge in [-0.1, -0.05) is 6.07 Å². The average Bonchev–Trinajstić information content (AvgIpc) is 3.03. The second-order valence-corrected chi connectivity index (χ2v) is 4.99. The van der Waals surface area contributed by atoms with Gasteiger partial charge in [-0.25, -0.2) is 4.39 Å². The Bertz CT molecular complexity index is 416. The number of aliphatic hydroxyl groups is 1. The van der Waals surface area contributed by atoms with Crippen molar-refractivity contribution in [2.45, 2.75) is 37.3 Å². The van der Waals surface area contributed by atoms with Crippen molar-refractivity contribution in [3.63, 3.8) is 0 Å². The van der Waals surface area contributed by atoms with E-state index in [-0.39, 0.29) is 5.82 Å². The van der Waals surface area contributed by atoms with Crippen LogP contribution in [0.15, 0.2) is 18.2 Å². The van der Waals surface area contributed by atoms with Crippen LogP contribution in [0.2, 0.25) is 0 Å². The zero-order valence-electron chi connectivity index (χ0n) is 9.17. The van der Waals surface area contributed by atoms with Gasteiger partial charge >= 0.3 is 0 Å². The summed E-state index contributed by atoms with van der Waals surface area (Å²) in [5.41, 5.74) is 1.08. The van der Waals surface area contributed by atoms with E-state index < -0.39 is 5.60 Å². The van der Waals surface area contributed by atoms with Gasteiger partial charge in [-0.3, -0.25) is 0 Å². The second kappa shape index (κ2) is 3.54. The minimum atomic E-state index is -0.786. The molecule has 1 atom stereocenters. The van der Waals surface area contributed by atoms with Gasteiger partial charge in [-0.05, 0) is 48.9 Å². The van der Waals surface area contributed by atoms with Crippen LogP contribution in [-0.4, -0.2) is 17.7 Å². The van der Waals surface area contributed by atoms with Gasteiger partial charge in [0.15, 0.2) is 0 Å². The molecule has 0 heterocycles. The molecular formula is C13H16FNO. The summed E-state index contributed by atoms with van der Waals surface area (Å²) in [6.07, 6.45) is 3.90. The summed E-state index contributed by atoms with van der Waals surface area (Å²) >= 11 is 0. The smallest absolute Gasteiger partial charge is 0.123 e. The molecule has 86 valence electrons. The van der Waals surface area contributed by atoms with Gasteiger partial charge in [0.1, 0.15) is 11.4 Å². The molecule has 0 saturated heterocycles. The third-order valence-electron chi connectivity index (χ3n) is 3.64. The highest BCUT2D eigenvalue weighted by atomic mass is 19.1. The Morgan fingerprint density at radius 2 is 2.25 bits per heavy atom. The average molecular weight is 221 g/mol. The number of hydrogen-bond acceptors (Lipinski definition) is 2. The highest BCUT2D eigenvalue weighted by Gasteiger charge is 2.37. The zero-order valence-corrected chi connectivity index (χ0v) is 9.17. The fourth-order valence-electron chi connectivity index (χ4n) is 2.48. The van der Waals surface area contributed by atoms with Crippen LogP contribution in [0.25, 0.3) is 0 Å². The normalized spacial score (nSPS) is 28.1. The molecule has 0 bridgehead atoms. The van der Waals surface area contributed by atoms with Crippen LogP contribution in [0, 0.1) is 5.82 Å². The monoisotopic (exact) mass is 221 g/mol. The van der Waals surface area contributed by atoms with E-state index in [4.69, 9.17) is 0 Å². The standard InChI is InChI=1S/C13H16FNO/c14-10-1-4-12-9(7-10)5-6-13(12,16)8-15-11-2-3-11/h1,4,7,11,15-16H,2-3,5-6,8H2. The minimum absolute atomic E-state index is 0.210. The molecule has 0 amide bonds. The maximum atomic E-state index is 13.0. The zero-order chi connectivity index (χ0) is 11.2. The fraction of sp³-hybridized carbons (Fsp3) is 0.538. The van der Waals surface area contributed by atoms with Crippen molar-refractivity contribution in [3.8, 4) is 0 Å². The number of benzene rings is 1. The summed E-state index contributed by atoms with van der Waals surface area (Å²) in [6.45, 7) is 0.594. The van der Waals surface area contributed by atoms with E-state index >= 15 is 0 Å². The van der Waals surface area contributed by atoms with Gasteiger partial charge in [0.2, 0.25) is 0 Å². The Labute approximate surface area is 94.5 Å². The SMILES string of the molecule is OC1(CNC2CC2)CCc2cc(F)ccc21. The molecule has 16 heavy (non-hydrogen) atoms. The minimum Gasteiger partial charge on any atom is -0.384 e. The molecule has 1 aromatic carbocycles. The third-order valence-corrected chi connectivity index (χ3v) is 3.64. The van der Waals surface area contributed by atoms with Crippen molar-refractivity contribution in [1.82, 2.24) is 5.32 Å². The van der Waals surface area contributed by atoms with E-state index in [1.807, 2.05) is 0 Å². The number of halogens is 1. The van der Waals surface area contributed by atoms with Crippen LogP contribution >= 0.6 is 0 Å². The Morgan fingerprint density at radius 1 is 1.44 bits per heavy atom. The molecule has 0 aromatic heterocycles. The Kier molecular flexibility index (Phi) is 2.26. The molecule has 0 aliphatic heterocycles. The van der Waals surface area contributed by atoms with Gasteiger partial charge in [-0.2, -0.15) is 0 Å². The first kappa shape index (κ1) is 10.2. The molecule has 0 spiro atoms. The predicted octanol–water partition coefficient (Wildman–Crippen LogP) is 1.71. The molecule has 1 unspecified atom stereocenters. The van der Waals surface area contributed by atoms with Crippen LogP contribution < -0.4 is 5.32 Å². The maximum absolute atomic E-state index is 13.0. The van der Waals surface area contributed by atoms with Crippen LogP contribution in [0.5, 0.6) is 0 Å². The Hall–Kier alpha value is -0.930. The molecule has 3 rings (SSSR count).